The lowest BCUT2D eigenvalue weighted by atomic mass is 10.3. The van der Waals surface area contributed by atoms with Crippen LogP contribution in [0, 0.1) is 0 Å². The number of rotatable bonds is 8. The van der Waals surface area contributed by atoms with Gasteiger partial charge in [-0.15, -0.1) is 0 Å². The standard InChI is InChI=1S/C12H28N4/c1-5-14-12(13)16(8-4)11-9-10-15(6-2)7-3/h5-11H2,1-4H3,(H2,13,14). The molecule has 0 saturated heterocycles. The molecule has 0 heterocycles. The highest BCUT2D eigenvalue weighted by atomic mass is 15.2. The van der Waals surface area contributed by atoms with Gasteiger partial charge < -0.3 is 15.5 Å². The Morgan fingerprint density at radius 3 is 2.06 bits per heavy atom. The van der Waals surface area contributed by atoms with Gasteiger partial charge in [0.1, 0.15) is 0 Å². The molecule has 16 heavy (non-hydrogen) atoms. The van der Waals surface area contributed by atoms with Crippen LogP contribution in [0.15, 0.2) is 4.99 Å². The second-order valence-corrected chi connectivity index (χ2v) is 3.79. The lowest BCUT2D eigenvalue weighted by molar-refractivity contribution is 0.283. The molecule has 0 aromatic heterocycles. The molecule has 0 bridgehead atoms. The summed E-state index contributed by atoms with van der Waals surface area (Å²) in [6, 6.07) is 0. The Balaban J connectivity index is 3.91. The van der Waals surface area contributed by atoms with E-state index in [1.165, 1.54) is 0 Å². The van der Waals surface area contributed by atoms with Gasteiger partial charge in [-0.1, -0.05) is 13.8 Å². The van der Waals surface area contributed by atoms with Crippen molar-refractivity contribution in [3.05, 3.63) is 0 Å². The smallest absolute Gasteiger partial charge is 0.191 e. The highest BCUT2D eigenvalue weighted by Crippen LogP contribution is 1.95. The van der Waals surface area contributed by atoms with Gasteiger partial charge in [-0.05, 0) is 39.9 Å². The molecule has 0 atom stereocenters. The van der Waals surface area contributed by atoms with Crippen molar-refractivity contribution in [3.8, 4) is 0 Å². The predicted molar refractivity (Wildman–Crippen MR) is 71.8 cm³/mol. The Hall–Kier alpha value is -0.770. The van der Waals surface area contributed by atoms with E-state index in [1.807, 2.05) is 6.92 Å². The van der Waals surface area contributed by atoms with E-state index < -0.39 is 0 Å². The topological polar surface area (TPSA) is 44.9 Å². The molecule has 0 aromatic carbocycles. The number of aliphatic imine (C=N–C) groups is 1. The van der Waals surface area contributed by atoms with Gasteiger partial charge in [-0.3, -0.25) is 4.99 Å². The Labute approximate surface area is 101 Å². The van der Waals surface area contributed by atoms with Gasteiger partial charge in [0.15, 0.2) is 5.96 Å². The van der Waals surface area contributed by atoms with Crippen LogP contribution in [0.25, 0.3) is 0 Å². The van der Waals surface area contributed by atoms with Gasteiger partial charge in [-0.2, -0.15) is 0 Å². The van der Waals surface area contributed by atoms with Gasteiger partial charge in [0, 0.05) is 19.6 Å². The summed E-state index contributed by atoms with van der Waals surface area (Å²) >= 11 is 0. The average molecular weight is 228 g/mol. The van der Waals surface area contributed by atoms with Gasteiger partial charge in [-0.25, -0.2) is 0 Å². The first kappa shape index (κ1) is 15.2. The van der Waals surface area contributed by atoms with Crippen molar-refractivity contribution in [1.29, 1.82) is 0 Å². The van der Waals surface area contributed by atoms with Crippen molar-refractivity contribution in [3.63, 3.8) is 0 Å². The Bertz CT molecular complexity index is 187. The van der Waals surface area contributed by atoms with Crippen LogP contribution < -0.4 is 5.73 Å². The summed E-state index contributed by atoms with van der Waals surface area (Å²) in [7, 11) is 0. The van der Waals surface area contributed by atoms with Gasteiger partial charge >= 0.3 is 0 Å². The van der Waals surface area contributed by atoms with E-state index in [0.717, 1.165) is 45.7 Å². The van der Waals surface area contributed by atoms with Crippen LogP contribution in [-0.4, -0.2) is 55.0 Å². The fourth-order valence-corrected chi connectivity index (χ4v) is 1.72. The van der Waals surface area contributed by atoms with Crippen LogP contribution in [0.2, 0.25) is 0 Å². The Morgan fingerprint density at radius 1 is 1.00 bits per heavy atom. The fraction of sp³-hybridized carbons (Fsp3) is 0.917. The molecule has 0 aromatic rings. The maximum absolute atomic E-state index is 5.88. The van der Waals surface area contributed by atoms with Gasteiger partial charge in [0.25, 0.3) is 0 Å². The highest BCUT2D eigenvalue weighted by Gasteiger charge is 2.05. The molecule has 0 saturated carbocycles. The largest absolute Gasteiger partial charge is 0.370 e. The Kier molecular flexibility index (Phi) is 9.00. The van der Waals surface area contributed by atoms with Gasteiger partial charge in [0.05, 0.1) is 0 Å². The van der Waals surface area contributed by atoms with E-state index in [2.05, 4.69) is 35.6 Å². The predicted octanol–water partition coefficient (Wildman–Crippen LogP) is 1.37. The molecule has 96 valence electrons. The quantitative estimate of drug-likeness (QED) is 0.504. The van der Waals surface area contributed by atoms with Crippen LogP contribution >= 0.6 is 0 Å². The number of nitrogens with zero attached hydrogens (tertiary/aromatic N) is 3. The van der Waals surface area contributed by atoms with Crippen molar-refractivity contribution in [2.24, 2.45) is 10.7 Å². The minimum atomic E-state index is 0.685. The van der Waals surface area contributed by atoms with E-state index in [4.69, 9.17) is 5.73 Å². The fourth-order valence-electron chi connectivity index (χ4n) is 1.72. The maximum atomic E-state index is 5.88. The lowest BCUT2D eigenvalue weighted by Crippen LogP contribution is -2.39. The summed E-state index contributed by atoms with van der Waals surface area (Å²) in [4.78, 5) is 8.82. The van der Waals surface area contributed by atoms with E-state index in [0.29, 0.717) is 5.96 Å². The first-order valence-electron chi connectivity index (χ1n) is 6.46. The molecule has 0 radical (unpaired) electrons. The zero-order valence-electron chi connectivity index (χ0n) is 11.4. The minimum absolute atomic E-state index is 0.685. The molecule has 0 fully saturated rings. The number of guanidine groups is 1. The summed E-state index contributed by atoms with van der Waals surface area (Å²) in [5.41, 5.74) is 5.88. The summed E-state index contributed by atoms with van der Waals surface area (Å²) in [6.07, 6.45) is 1.15. The molecule has 4 heteroatoms. The zero-order chi connectivity index (χ0) is 12.4. The van der Waals surface area contributed by atoms with E-state index in [-0.39, 0.29) is 0 Å². The number of hydrogen-bond acceptors (Lipinski definition) is 2. The van der Waals surface area contributed by atoms with Crippen molar-refractivity contribution in [2.75, 3.05) is 39.3 Å². The number of hydrogen-bond donors (Lipinski definition) is 1. The molecule has 0 unspecified atom stereocenters. The zero-order valence-corrected chi connectivity index (χ0v) is 11.4. The van der Waals surface area contributed by atoms with E-state index in [1.54, 1.807) is 0 Å². The maximum Gasteiger partial charge on any atom is 0.191 e. The third-order valence-electron chi connectivity index (χ3n) is 2.82. The first-order chi connectivity index (χ1) is 7.69. The highest BCUT2D eigenvalue weighted by molar-refractivity contribution is 5.77. The van der Waals surface area contributed by atoms with E-state index in [9.17, 15) is 0 Å². The molecular weight excluding hydrogens is 200 g/mol. The SMILES string of the molecule is CCN=C(N)N(CC)CCCN(CC)CC. The molecule has 0 rings (SSSR count). The first-order valence-corrected chi connectivity index (χ1v) is 6.46. The Morgan fingerprint density at radius 2 is 1.62 bits per heavy atom. The molecule has 0 amide bonds. The average Bonchev–Trinajstić information content (AvgIpc) is 2.30. The summed E-state index contributed by atoms with van der Waals surface area (Å²) in [5, 5.41) is 0. The second kappa shape index (κ2) is 9.46. The van der Waals surface area contributed by atoms with Crippen molar-refractivity contribution in [1.82, 2.24) is 9.80 Å². The van der Waals surface area contributed by atoms with Crippen LogP contribution in [0.5, 0.6) is 0 Å². The number of nitrogens with two attached hydrogens (primary N) is 1. The lowest BCUT2D eigenvalue weighted by Gasteiger charge is -2.24. The summed E-state index contributed by atoms with van der Waals surface area (Å²) < 4.78 is 0. The molecule has 4 nitrogen and oxygen atoms in total. The van der Waals surface area contributed by atoms with Crippen LogP contribution in [0.4, 0.5) is 0 Å². The van der Waals surface area contributed by atoms with Crippen molar-refractivity contribution < 1.29 is 0 Å². The van der Waals surface area contributed by atoms with Gasteiger partial charge in [0.2, 0.25) is 0 Å². The molecule has 2 N–H and O–H groups in total. The monoisotopic (exact) mass is 228 g/mol. The van der Waals surface area contributed by atoms with Crippen LogP contribution in [0.1, 0.15) is 34.1 Å². The molecule has 0 aliphatic rings. The summed E-state index contributed by atoms with van der Waals surface area (Å²) in [5.74, 6) is 0.685. The summed E-state index contributed by atoms with van der Waals surface area (Å²) in [6.45, 7) is 14.6. The second-order valence-electron chi connectivity index (χ2n) is 3.79. The third-order valence-corrected chi connectivity index (χ3v) is 2.82. The molecule has 0 aliphatic carbocycles. The van der Waals surface area contributed by atoms with Crippen LogP contribution in [0.3, 0.4) is 0 Å². The van der Waals surface area contributed by atoms with E-state index >= 15 is 0 Å². The van der Waals surface area contributed by atoms with Crippen molar-refractivity contribution >= 4 is 5.96 Å². The minimum Gasteiger partial charge on any atom is -0.370 e. The molecule has 0 spiro atoms. The van der Waals surface area contributed by atoms with Crippen molar-refractivity contribution in [2.45, 2.75) is 34.1 Å². The molecule has 0 aliphatic heterocycles. The normalized spacial score (nSPS) is 12.2. The van der Waals surface area contributed by atoms with Crippen LogP contribution in [-0.2, 0) is 0 Å². The third kappa shape index (κ3) is 5.95. The molecular formula is C12H28N4.